The number of hydrogen-bond acceptors (Lipinski definition) is 4. The van der Waals surface area contributed by atoms with Gasteiger partial charge in [-0.2, -0.15) is 0 Å². The van der Waals surface area contributed by atoms with Gasteiger partial charge in [0.15, 0.2) is 0 Å². The minimum atomic E-state index is -0.222. The number of nitrogens with one attached hydrogen (secondary N) is 1. The number of benzene rings is 3. The highest BCUT2D eigenvalue weighted by molar-refractivity contribution is 7.09. The van der Waals surface area contributed by atoms with E-state index in [0.717, 1.165) is 45.8 Å². The molecule has 5 heteroatoms. The van der Waals surface area contributed by atoms with Gasteiger partial charge in [0, 0.05) is 12.0 Å². The van der Waals surface area contributed by atoms with Gasteiger partial charge < -0.3 is 9.84 Å². The third-order valence-electron chi connectivity index (χ3n) is 9.11. The van der Waals surface area contributed by atoms with E-state index in [4.69, 9.17) is 4.74 Å². The molecule has 0 aliphatic heterocycles. The third kappa shape index (κ3) is 3.67. The molecule has 8 rings (SSSR count). The zero-order valence-corrected chi connectivity index (χ0v) is 21.4. The van der Waals surface area contributed by atoms with Crippen LogP contribution in [-0.4, -0.2) is 17.2 Å². The van der Waals surface area contributed by atoms with E-state index in [1.807, 2.05) is 7.11 Å². The SMILES string of the molecule is COc1ccc(-c2ccc3cc(Cc4sc(=O)[nH]c4O)ccc3c2)cc1C12CC3CC(CC(C3)C1)C2. The predicted molar refractivity (Wildman–Crippen MR) is 145 cm³/mol. The second kappa shape index (κ2) is 8.24. The predicted octanol–water partition coefficient (Wildman–Crippen LogP) is 7.03. The molecular formula is C31H31NO3S. The van der Waals surface area contributed by atoms with E-state index in [1.165, 1.54) is 60.6 Å². The molecule has 36 heavy (non-hydrogen) atoms. The molecule has 2 N–H and O–H groups in total. The Morgan fingerprint density at radius 2 is 1.56 bits per heavy atom. The molecule has 0 unspecified atom stereocenters. The standard InChI is InChI=1S/C31H31NO3S/c1-35-27-7-6-25(14-26(27)31-15-19-8-20(16-31)10-21(9-19)17-31)24-5-4-22-11-18(2-3-23(22)13-24)12-28-29(33)32-30(34)36-28/h2-7,11,13-14,19-21,33H,8-10,12,15-17H2,1H3,(H,32,34). The molecule has 4 bridgehead atoms. The summed E-state index contributed by atoms with van der Waals surface area (Å²) >= 11 is 1.07. The first-order valence-electron chi connectivity index (χ1n) is 13.1. The van der Waals surface area contributed by atoms with Gasteiger partial charge in [-0.1, -0.05) is 47.7 Å². The summed E-state index contributed by atoms with van der Waals surface area (Å²) in [6.45, 7) is 0. The van der Waals surface area contributed by atoms with Crippen LogP contribution in [0.4, 0.5) is 0 Å². The van der Waals surface area contributed by atoms with Gasteiger partial charge in [0.05, 0.1) is 12.0 Å². The van der Waals surface area contributed by atoms with Gasteiger partial charge in [-0.05, 0) is 107 Å². The second-order valence-corrected chi connectivity index (χ2v) is 12.5. The van der Waals surface area contributed by atoms with Crippen molar-refractivity contribution in [2.24, 2.45) is 17.8 Å². The van der Waals surface area contributed by atoms with Crippen LogP contribution in [0.15, 0.2) is 59.4 Å². The molecule has 0 atom stereocenters. The highest BCUT2D eigenvalue weighted by Gasteiger charge is 2.52. The van der Waals surface area contributed by atoms with Crippen LogP contribution in [0.5, 0.6) is 11.6 Å². The van der Waals surface area contributed by atoms with Crippen molar-refractivity contribution < 1.29 is 9.84 Å². The zero-order valence-electron chi connectivity index (χ0n) is 20.5. The largest absolute Gasteiger partial charge is 0.496 e. The number of hydrogen-bond donors (Lipinski definition) is 2. The van der Waals surface area contributed by atoms with E-state index < -0.39 is 0 Å². The Balaban J connectivity index is 1.23. The Hall–Kier alpha value is -3.05. The molecule has 0 spiro atoms. The summed E-state index contributed by atoms with van der Waals surface area (Å²) in [5.74, 6) is 3.73. The highest BCUT2D eigenvalue weighted by Crippen LogP contribution is 2.62. The summed E-state index contributed by atoms with van der Waals surface area (Å²) in [5, 5.41) is 12.3. The van der Waals surface area contributed by atoms with Crippen molar-refractivity contribution in [1.82, 2.24) is 4.98 Å². The van der Waals surface area contributed by atoms with Crippen molar-refractivity contribution in [3.63, 3.8) is 0 Å². The molecular weight excluding hydrogens is 466 g/mol. The Morgan fingerprint density at radius 1 is 0.917 bits per heavy atom. The van der Waals surface area contributed by atoms with E-state index in [1.54, 1.807) is 0 Å². The molecule has 4 aromatic rings. The van der Waals surface area contributed by atoms with Gasteiger partial charge in [0.2, 0.25) is 5.88 Å². The lowest BCUT2D eigenvalue weighted by atomic mass is 9.48. The highest BCUT2D eigenvalue weighted by atomic mass is 32.1. The van der Waals surface area contributed by atoms with Crippen LogP contribution in [0.2, 0.25) is 0 Å². The molecule has 1 heterocycles. The summed E-state index contributed by atoms with van der Waals surface area (Å²) < 4.78 is 5.93. The topological polar surface area (TPSA) is 62.3 Å². The molecule has 0 radical (unpaired) electrons. The van der Waals surface area contributed by atoms with E-state index in [2.05, 4.69) is 59.6 Å². The Labute approximate surface area is 215 Å². The van der Waals surface area contributed by atoms with Crippen molar-refractivity contribution >= 4 is 22.1 Å². The van der Waals surface area contributed by atoms with Crippen LogP contribution in [-0.2, 0) is 11.8 Å². The minimum absolute atomic E-state index is 0.0187. The molecule has 0 amide bonds. The average molecular weight is 498 g/mol. The van der Waals surface area contributed by atoms with Gasteiger partial charge in [-0.3, -0.25) is 9.78 Å². The summed E-state index contributed by atoms with van der Waals surface area (Å²) in [4.78, 5) is 14.4. The Morgan fingerprint density at radius 3 is 2.22 bits per heavy atom. The third-order valence-corrected chi connectivity index (χ3v) is 9.98. The van der Waals surface area contributed by atoms with Crippen LogP contribution in [0, 0.1) is 17.8 Å². The molecule has 3 aromatic carbocycles. The summed E-state index contributed by atoms with van der Waals surface area (Å²) in [6.07, 6.45) is 8.84. The van der Waals surface area contributed by atoms with Crippen LogP contribution in [0.25, 0.3) is 21.9 Å². The number of fused-ring (bicyclic) bond motifs is 1. The minimum Gasteiger partial charge on any atom is -0.496 e. The zero-order chi connectivity index (χ0) is 24.4. The lowest BCUT2D eigenvalue weighted by molar-refractivity contribution is -0.00613. The van der Waals surface area contributed by atoms with Gasteiger partial charge in [-0.25, -0.2) is 0 Å². The normalized spacial score (nSPS) is 26.5. The number of ether oxygens (including phenoxy) is 1. The van der Waals surface area contributed by atoms with Crippen molar-refractivity contribution in [2.75, 3.05) is 7.11 Å². The van der Waals surface area contributed by atoms with Gasteiger partial charge >= 0.3 is 4.87 Å². The summed E-state index contributed by atoms with van der Waals surface area (Å²) in [7, 11) is 1.82. The Bertz CT molecular complexity index is 1500. The number of aromatic hydroxyl groups is 1. The number of rotatable bonds is 5. The smallest absolute Gasteiger partial charge is 0.307 e. The van der Waals surface area contributed by atoms with E-state index >= 15 is 0 Å². The van der Waals surface area contributed by atoms with Crippen LogP contribution in [0.3, 0.4) is 0 Å². The lowest BCUT2D eigenvalue weighted by Gasteiger charge is -2.57. The number of aromatic amines is 1. The van der Waals surface area contributed by atoms with E-state index in [9.17, 15) is 9.90 Å². The molecule has 1 aromatic heterocycles. The number of methoxy groups -OCH3 is 1. The first-order valence-corrected chi connectivity index (χ1v) is 13.9. The molecule has 0 saturated heterocycles. The first-order chi connectivity index (χ1) is 17.5. The van der Waals surface area contributed by atoms with Gasteiger partial charge in [-0.15, -0.1) is 0 Å². The fraction of sp³-hybridized carbons (Fsp3) is 0.387. The fourth-order valence-electron chi connectivity index (χ4n) is 7.98. The van der Waals surface area contributed by atoms with Gasteiger partial charge in [0.25, 0.3) is 0 Å². The first kappa shape index (κ1) is 22.2. The summed E-state index contributed by atoms with van der Waals surface area (Å²) in [6, 6.07) is 19.9. The average Bonchev–Trinajstić information content (AvgIpc) is 3.18. The van der Waals surface area contributed by atoms with Crippen molar-refractivity contribution in [2.45, 2.75) is 50.4 Å². The Kier molecular flexibility index (Phi) is 5.07. The second-order valence-electron chi connectivity index (χ2n) is 11.5. The van der Waals surface area contributed by atoms with E-state index in [0.29, 0.717) is 11.3 Å². The maximum Gasteiger partial charge on any atom is 0.307 e. The number of thiazole rings is 1. The van der Waals surface area contributed by atoms with Gasteiger partial charge in [0.1, 0.15) is 5.75 Å². The van der Waals surface area contributed by atoms with E-state index in [-0.39, 0.29) is 16.2 Å². The maximum atomic E-state index is 11.5. The van der Waals surface area contributed by atoms with Crippen LogP contribution < -0.4 is 9.61 Å². The van der Waals surface area contributed by atoms with Crippen LogP contribution >= 0.6 is 11.3 Å². The molecule has 184 valence electrons. The monoisotopic (exact) mass is 497 g/mol. The van der Waals surface area contributed by atoms with Crippen molar-refractivity contribution in [1.29, 1.82) is 0 Å². The maximum absolute atomic E-state index is 11.5. The lowest BCUT2D eigenvalue weighted by Crippen LogP contribution is -2.48. The van der Waals surface area contributed by atoms with Crippen molar-refractivity contribution in [3.8, 4) is 22.8 Å². The van der Waals surface area contributed by atoms with Crippen LogP contribution in [0.1, 0.15) is 54.5 Å². The molecule has 4 aliphatic rings. The molecule has 4 aliphatic carbocycles. The molecule has 4 nitrogen and oxygen atoms in total. The number of aromatic nitrogens is 1. The molecule has 4 saturated carbocycles. The quantitative estimate of drug-likeness (QED) is 0.311. The van der Waals surface area contributed by atoms with Crippen molar-refractivity contribution in [3.05, 3.63) is 80.3 Å². The fourth-order valence-corrected chi connectivity index (χ4v) is 8.74. The molecule has 4 fully saturated rings. The summed E-state index contributed by atoms with van der Waals surface area (Å²) in [5.41, 5.74) is 5.29. The number of H-pyrrole nitrogens is 1.